The molecule has 31 heavy (non-hydrogen) atoms. The van der Waals surface area contributed by atoms with Crippen LogP contribution in [0.3, 0.4) is 0 Å². The molecule has 0 bridgehead atoms. The number of hydrogen-bond acceptors (Lipinski definition) is 0. The Morgan fingerprint density at radius 3 is 2.13 bits per heavy atom. The fraction of sp³-hybridized carbons (Fsp3) is 0.414. The van der Waals surface area contributed by atoms with Gasteiger partial charge in [-0.1, -0.05) is 66.7 Å². The Labute approximate surface area is 187 Å². The van der Waals surface area contributed by atoms with Crippen LogP contribution in [-0.2, 0) is 12.5 Å². The van der Waals surface area contributed by atoms with Gasteiger partial charge < -0.3 is 0 Å². The van der Waals surface area contributed by atoms with Crippen molar-refractivity contribution in [2.75, 3.05) is 0 Å². The third-order valence-electron chi connectivity index (χ3n) is 6.73. The average molecular weight is 414 g/mol. The Morgan fingerprint density at radius 1 is 0.871 bits per heavy atom. The van der Waals surface area contributed by atoms with Gasteiger partial charge in [0.15, 0.2) is 0 Å². The van der Waals surface area contributed by atoms with Gasteiger partial charge in [-0.2, -0.15) is 4.57 Å². The molecule has 0 saturated heterocycles. The van der Waals surface area contributed by atoms with Gasteiger partial charge in [-0.25, -0.2) is 4.57 Å². The number of pyridine rings is 1. The van der Waals surface area contributed by atoms with E-state index >= 15 is 0 Å². The van der Waals surface area contributed by atoms with E-state index < -0.39 is 0 Å². The summed E-state index contributed by atoms with van der Waals surface area (Å²) in [5, 5.41) is 2.76. The maximum Gasteiger partial charge on any atom is 0.286 e. The predicted octanol–water partition coefficient (Wildman–Crippen LogP) is 7.46. The molecule has 0 amide bonds. The maximum atomic E-state index is 2.51. The van der Waals surface area contributed by atoms with Crippen molar-refractivity contribution in [3.8, 4) is 5.82 Å². The zero-order valence-corrected chi connectivity index (χ0v) is 20.7. The number of nitrogens with zero attached hydrogens (tertiary/aromatic N) is 2. The summed E-state index contributed by atoms with van der Waals surface area (Å²) in [7, 11) is 2.16. The number of rotatable bonds is 3. The monoisotopic (exact) mass is 413 g/mol. The van der Waals surface area contributed by atoms with Crippen molar-refractivity contribution in [1.29, 1.82) is 0 Å². The van der Waals surface area contributed by atoms with E-state index in [0.717, 1.165) is 0 Å². The minimum absolute atomic E-state index is 0.100. The van der Waals surface area contributed by atoms with Crippen molar-refractivity contribution in [2.45, 2.75) is 72.6 Å². The Balaban J connectivity index is 2.26. The molecule has 2 heteroatoms. The number of aryl methyl sites for hydroxylation is 2. The number of fused-ring (bicyclic) bond motifs is 3. The fourth-order valence-electron chi connectivity index (χ4n) is 4.91. The Hall–Kier alpha value is -2.61. The van der Waals surface area contributed by atoms with E-state index in [-0.39, 0.29) is 5.41 Å². The zero-order valence-electron chi connectivity index (χ0n) is 20.7. The molecule has 4 aromatic rings. The van der Waals surface area contributed by atoms with Crippen molar-refractivity contribution < 1.29 is 4.57 Å². The highest BCUT2D eigenvalue weighted by Gasteiger charge is 2.28. The Kier molecular flexibility index (Phi) is 5.24. The van der Waals surface area contributed by atoms with Crippen molar-refractivity contribution in [2.24, 2.45) is 7.05 Å². The fourth-order valence-corrected chi connectivity index (χ4v) is 4.91. The molecule has 0 aliphatic carbocycles. The van der Waals surface area contributed by atoms with E-state index in [4.69, 9.17) is 0 Å². The van der Waals surface area contributed by atoms with Gasteiger partial charge in [0.1, 0.15) is 11.0 Å². The molecule has 4 rings (SSSR count). The molecule has 0 fully saturated rings. The van der Waals surface area contributed by atoms with Crippen LogP contribution < -0.4 is 4.57 Å². The summed E-state index contributed by atoms with van der Waals surface area (Å²) in [5.74, 6) is 2.18. The van der Waals surface area contributed by atoms with Crippen LogP contribution in [0.4, 0.5) is 0 Å². The van der Waals surface area contributed by atoms with Gasteiger partial charge in [0.25, 0.3) is 5.82 Å². The lowest BCUT2D eigenvalue weighted by Gasteiger charge is -2.20. The van der Waals surface area contributed by atoms with E-state index in [0.29, 0.717) is 11.8 Å². The molecule has 0 N–H and O–H groups in total. The highest BCUT2D eigenvalue weighted by Crippen LogP contribution is 2.41. The van der Waals surface area contributed by atoms with Crippen molar-refractivity contribution in [1.82, 2.24) is 4.57 Å². The second kappa shape index (κ2) is 7.51. The molecule has 0 aliphatic heterocycles. The summed E-state index contributed by atoms with van der Waals surface area (Å²) in [5.41, 5.74) is 8.40. The molecular formula is C29H37N2+. The van der Waals surface area contributed by atoms with Crippen LogP contribution in [0, 0.1) is 6.92 Å². The van der Waals surface area contributed by atoms with Gasteiger partial charge in [-0.15, -0.1) is 0 Å². The zero-order chi connectivity index (χ0) is 22.7. The first-order chi connectivity index (χ1) is 14.5. The van der Waals surface area contributed by atoms with Gasteiger partial charge in [-0.05, 0) is 59.1 Å². The lowest BCUT2D eigenvalue weighted by Crippen LogP contribution is -2.34. The molecule has 2 aromatic carbocycles. The van der Waals surface area contributed by atoms with Crippen LogP contribution in [0.2, 0.25) is 0 Å². The first kappa shape index (κ1) is 21.6. The van der Waals surface area contributed by atoms with E-state index in [2.05, 4.69) is 120 Å². The summed E-state index contributed by atoms with van der Waals surface area (Å²) in [6.45, 7) is 18.4. The minimum Gasteiger partial charge on any atom is -0.237 e. The number of aromatic nitrogens is 2. The molecule has 0 saturated carbocycles. The lowest BCUT2D eigenvalue weighted by molar-refractivity contribution is -0.665. The Morgan fingerprint density at radius 2 is 1.52 bits per heavy atom. The van der Waals surface area contributed by atoms with E-state index in [1.54, 1.807) is 0 Å². The van der Waals surface area contributed by atoms with Crippen LogP contribution >= 0.6 is 0 Å². The first-order valence-electron chi connectivity index (χ1n) is 11.6. The quantitative estimate of drug-likeness (QED) is 0.308. The van der Waals surface area contributed by atoms with Crippen molar-refractivity contribution >= 4 is 21.8 Å². The highest BCUT2D eigenvalue weighted by atomic mass is 15.1. The molecule has 0 unspecified atom stereocenters. The summed E-state index contributed by atoms with van der Waals surface area (Å²) in [6, 6.07) is 16.0. The largest absolute Gasteiger partial charge is 0.286 e. The van der Waals surface area contributed by atoms with E-state index in [9.17, 15) is 0 Å². The summed E-state index contributed by atoms with van der Waals surface area (Å²) >= 11 is 0. The van der Waals surface area contributed by atoms with Gasteiger partial charge in [0.2, 0.25) is 0 Å². The molecule has 2 heterocycles. The molecule has 0 radical (unpaired) electrons. The smallest absolute Gasteiger partial charge is 0.237 e. The number of hydrogen-bond donors (Lipinski definition) is 0. The van der Waals surface area contributed by atoms with Crippen molar-refractivity contribution in [3.63, 3.8) is 0 Å². The maximum absolute atomic E-state index is 2.51. The first-order valence-corrected chi connectivity index (χ1v) is 11.6. The van der Waals surface area contributed by atoms with Crippen LogP contribution in [-0.4, -0.2) is 4.57 Å². The molecule has 2 aromatic heterocycles. The van der Waals surface area contributed by atoms with Crippen LogP contribution in [0.1, 0.15) is 82.6 Å². The SMILES string of the molecule is Cc1c(C(C)C)cc(C(C)C)c2c3ccccc3n(-c3cc(C(C)(C)C)cc[n+]3C)c12. The predicted molar refractivity (Wildman–Crippen MR) is 134 cm³/mol. The average Bonchev–Trinajstić information content (AvgIpc) is 3.03. The van der Waals surface area contributed by atoms with Gasteiger partial charge in [0, 0.05) is 22.4 Å². The molecule has 162 valence electrons. The van der Waals surface area contributed by atoms with Gasteiger partial charge in [-0.3, -0.25) is 0 Å². The lowest BCUT2D eigenvalue weighted by atomic mass is 9.87. The summed E-state index contributed by atoms with van der Waals surface area (Å²) in [6.07, 6.45) is 2.21. The number of para-hydroxylation sites is 1. The van der Waals surface area contributed by atoms with E-state index in [1.807, 2.05) is 0 Å². The molecule has 0 aliphatic rings. The van der Waals surface area contributed by atoms with Crippen LogP contribution in [0.25, 0.3) is 27.6 Å². The summed E-state index contributed by atoms with van der Waals surface area (Å²) in [4.78, 5) is 0. The third-order valence-corrected chi connectivity index (χ3v) is 6.73. The molecular weight excluding hydrogens is 376 g/mol. The summed E-state index contributed by atoms with van der Waals surface area (Å²) < 4.78 is 4.77. The van der Waals surface area contributed by atoms with Crippen molar-refractivity contribution in [3.05, 3.63) is 70.9 Å². The minimum atomic E-state index is 0.100. The topological polar surface area (TPSA) is 8.81 Å². The van der Waals surface area contributed by atoms with E-state index in [1.165, 1.54) is 49.9 Å². The normalized spacial score (nSPS) is 12.6. The Bertz CT molecular complexity index is 1280. The highest BCUT2D eigenvalue weighted by molar-refractivity contribution is 6.12. The molecule has 2 nitrogen and oxygen atoms in total. The molecule has 0 spiro atoms. The third kappa shape index (κ3) is 3.46. The number of benzene rings is 2. The second-order valence-corrected chi connectivity index (χ2v) is 10.7. The van der Waals surface area contributed by atoms with Crippen LogP contribution in [0.15, 0.2) is 48.7 Å². The standard InChI is InChI=1S/C29H37N2/c1-18(2)23-17-24(19(3)4)27-22-12-10-11-13-25(22)31(28(27)20(23)5)26-16-21(29(6,7)8)14-15-30(26)9/h10-19H,1-9H3/q+1. The van der Waals surface area contributed by atoms with Gasteiger partial charge >= 0.3 is 0 Å². The molecule has 0 atom stereocenters. The van der Waals surface area contributed by atoms with Crippen LogP contribution in [0.5, 0.6) is 0 Å². The second-order valence-electron chi connectivity index (χ2n) is 10.7. The van der Waals surface area contributed by atoms with Gasteiger partial charge in [0.05, 0.1) is 13.2 Å².